The van der Waals surface area contributed by atoms with Gasteiger partial charge in [-0.1, -0.05) is 153 Å². The molecule has 0 radical (unpaired) electrons. The van der Waals surface area contributed by atoms with Crippen LogP contribution in [0, 0.1) is 6.92 Å². The molecule has 8 aromatic carbocycles. The van der Waals surface area contributed by atoms with Crippen molar-refractivity contribution < 1.29 is 5.76 Å². The van der Waals surface area contributed by atoms with Crippen LogP contribution in [0.25, 0.3) is 60.2 Å². The molecule has 0 atom stereocenters. The molecule has 0 N–H and O–H groups in total. The third-order valence-electron chi connectivity index (χ3n) is 9.29. The minimum atomic E-state index is -1.00. The predicted molar refractivity (Wildman–Crippen MR) is 224 cm³/mol. The summed E-state index contributed by atoms with van der Waals surface area (Å²) in [5.41, 5.74) is 10.7. The van der Waals surface area contributed by atoms with Crippen LogP contribution in [0.4, 0.5) is 4.39 Å². The van der Waals surface area contributed by atoms with Gasteiger partial charge in [-0.15, -0.1) is 0 Å². The quantitative estimate of drug-likeness (QED) is 0.156. The van der Waals surface area contributed by atoms with E-state index in [0.717, 1.165) is 10.9 Å². The normalized spacial score (nSPS) is 11.4. The van der Waals surface area contributed by atoms with Crippen LogP contribution in [-0.2, 0) is 6.42 Å². The first-order valence-electron chi connectivity index (χ1n) is 17.5. The molecule has 0 unspecified atom stereocenters. The number of benzene rings is 8. The Morgan fingerprint density at radius 3 is 1.86 bits per heavy atom. The van der Waals surface area contributed by atoms with E-state index in [2.05, 4.69) is 213 Å². The predicted octanol–water partition coefficient (Wildman–Crippen LogP) is 14.5. The monoisotopic (exact) mass is 792 g/mol. The lowest BCUT2D eigenvalue weighted by atomic mass is 10.1. The molecular formula is C47H36Br2FN. The van der Waals surface area contributed by atoms with Gasteiger partial charge in [0.05, 0.1) is 19.6 Å². The molecule has 1 heterocycles. The summed E-state index contributed by atoms with van der Waals surface area (Å²) in [6, 6.07) is 60.4. The van der Waals surface area contributed by atoms with E-state index < -0.39 is 7.15 Å². The summed E-state index contributed by atoms with van der Waals surface area (Å²) < 4.78 is 20.2. The van der Waals surface area contributed by atoms with Crippen molar-refractivity contribution in [1.29, 1.82) is 0 Å². The molecule has 9 aromatic rings. The van der Waals surface area contributed by atoms with Gasteiger partial charge >= 0.3 is 0 Å². The van der Waals surface area contributed by atoms with E-state index in [-0.39, 0.29) is 0 Å². The van der Waals surface area contributed by atoms with Crippen LogP contribution in [0.5, 0.6) is 0 Å². The summed E-state index contributed by atoms with van der Waals surface area (Å²) in [5.74, 6) is 0. The Morgan fingerprint density at radius 1 is 0.510 bits per heavy atom. The third-order valence-corrected chi connectivity index (χ3v) is 10.3. The first-order valence-corrected chi connectivity index (χ1v) is 18.4. The minimum Gasteiger partial charge on any atom is -0.309 e. The number of fused-ring (bicyclic) bond motifs is 8. The van der Waals surface area contributed by atoms with Gasteiger partial charge in [0.15, 0.2) is 0 Å². The zero-order valence-corrected chi connectivity index (χ0v) is 31.3. The summed E-state index contributed by atoms with van der Waals surface area (Å²) in [5, 5.41) is 7.73. The second-order valence-corrected chi connectivity index (χ2v) is 14.4. The van der Waals surface area contributed by atoms with Crippen molar-refractivity contribution in [3.63, 3.8) is 0 Å². The number of para-hydroxylation sites is 1. The van der Waals surface area contributed by atoms with Gasteiger partial charge in [-0.2, -0.15) is 0 Å². The molecule has 1 aliphatic carbocycles. The summed E-state index contributed by atoms with van der Waals surface area (Å²) in [6.07, 6.45) is 1.07. The molecular weight excluding hydrogens is 757 g/mol. The highest BCUT2D eigenvalue weighted by Gasteiger charge is 2.17. The Balaban J connectivity index is 0.000000127. The first-order chi connectivity index (χ1) is 25.4. The molecule has 0 saturated carbocycles. The van der Waals surface area contributed by atoms with E-state index in [0.29, 0.717) is 0 Å². The smallest absolute Gasteiger partial charge is 0.0785 e. The maximum Gasteiger partial charge on any atom is 0.0785 e. The van der Waals surface area contributed by atoms with Crippen LogP contribution in [0.15, 0.2) is 179 Å². The van der Waals surface area contributed by atoms with E-state index >= 15 is 0 Å². The second kappa shape index (κ2) is 15.5. The van der Waals surface area contributed by atoms with Crippen LogP contribution >= 0.6 is 31.9 Å². The third kappa shape index (κ3) is 7.26. The van der Waals surface area contributed by atoms with Gasteiger partial charge in [0, 0.05) is 25.4 Å². The average Bonchev–Trinajstić information content (AvgIpc) is 3.70. The number of hydrogen-bond acceptors (Lipinski definition) is 0. The minimum absolute atomic E-state index is 1.00. The summed E-state index contributed by atoms with van der Waals surface area (Å²) in [7, 11) is -1.00. The molecule has 1 nitrogen and oxygen atoms in total. The molecule has 51 heavy (non-hydrogen) atoms. The highest BCUT2D eigenvalue weighted by atomic mass is 79.9. The van der Waals surface area contributed by atoms with Gasteiger partial charge in [0.25, 0.3) is 0 Å². The molecule has 250 valence electrons. The lowest BCUT2D eigenvalue weighted by Crippen LogP contribution is -1.93. The zero-order valence-electron chi connectivity index (χ0n) is 29.2. The summed E-state index contributed by atoms with van der Waals surface area (Å²) >= 11 is 6.94. The number of alkyl halides is 1. The highest BCUT2D eigenvalue weighted by Crippen LogP contribution is 2.37. The molecule has 0 fully saturated rings. The number of halogens is 3. The zero-order chi connectivity index (χ0) is 36.0. The average molecular weight is 795 g/mol. The van der Waals surface area contributed by atoms with E-state index in [1.54, 1.807) is 0 Å². The van der Waals surface area contributed by atoms with E-state index in [1.165, 1.54) is 81.3 Å². The van der Waals surface area contributed by atoms with Gasteiger partial charge in [-0.3, -0.25) is 4.39 Å². The maximum absolute atomic E-state index is 9.96. The van der Waals surface area contributed by atoms with Crippen molar-refractivity contribution in [2.45, 2.75) is 13.3 Å². The first kappa shape index (κ1) is 33.1. The molecule has 0 spiro atoms. The molecule has 0 saturated heterocycles. The lowest BCUT2D eigenvalue weighted by molar-refractivity contribution is 0.636. The molecule has 1 aromatic heterocycles. The van der Waals surface area contributed by atoms with Gasteiger partial charge in [-0.25, -0.2) is 0 Å². The van der Waals surface area contributed by atoms with Crippen molar-refractivity contribution in [3.05, 3.63) is 195 Å². The van der Waals surface area contributed by atoms with Crippen LogP contribution < -0.4 is 0 Å². The van der Waals surface area contributed by atoms with E-state index in [1.807, 2.05) is 0 Å². The largest absolute Gasteiger partial charge is 0.309 e. The van der Waals surface area contributed by atoms with Crippen LogP contribution in [0.1, 0.15) is 18.1 Å². The summed E-state index contributed by atoms with van der Waals surface area (Å²) in [6.45, 7) is 2.15. The SMILES string of the molecule is Brc1ccc2c(c1)Cc1ccccc1-2.Brc1ccc2ccccc2c1.Cc1ccc2c3ccccc3n(-c3ccc4ccccc4c3)c2c1.[2H]CF. The van der Waals surface area contributed by atoms with Crippen LogP contribution in [0.2, 0.25) is 0 Å². The molecule has 1 aliphatic rings. The number of aryl methyl sites for hydroxylation is 1. The molecule has 0 aliphatic heterocycles. The fourth-order valence-electron chi connectivity index (χ4n) is 6.95. The van der Waals surface area contributed by atoms with Crippen molar-refractivity contribution in [1.82, 2.24) is 4.57 Å². The van der Waals surface area contributed by atoms with E-state index in [9.17, 15) is 4.39 Å². The Morgan fingerprint density at radius 2 is 1.08 bits per heavy atom. The fraction of sp³-hybridized carbons (Fsp3) is 0.0638. The van der Waals surface area contributed by atoms with Gasteiger partial charge < -0.3 is 4.57 Å². The van der Waals surface area contributed by atoms with Crippen molar-refractivity contribution in [3.8, 4) is 16.8 Å². The van der Waals surface area contributed by atoms with Gasteiger partial charge in [-0.05, 0) is 111 Å². The van der Waals surface area contributed by atoms with E-state index in [4.69, 9.17) is 1.37 Å². The Bertz CT molecular complexity index is 2660. The Labute approximate surface area is 316 Å². The van der Waals surface area contributed by atoms with Crippen molar-refractivity contribution in [2.75, 3.05) is 7.15 Å². The highest BCUT2D eigenvalue weighted by molar-refractivity contribution is 9.10. The number of rotatable bonds is 1. The molecule has 0 bridgehead atoms. The van der Waals surface area contributed by atoms with Crippen LogP contribution in [-0.4, -0.2) is 11.7 Å². The van der Waals surface area contributed by atoms with Gasteiger partial charge in [0.2, 0.25) is 0 Å². The molecule has 10 rings (SSSR count). The van der Waals surface area contributed by atoms with Crippen LogP contribution in [0.3, 0.4) is 0 Å². The standard InChI is InChI=1S/C23H17N.C13H9Br.C10H7Br.CH3F/c1-16-10-13-21-20-8-4-5-9-22(20)24(23(21)14-16)19-12-11-17-6-2-3-7-18(17)15-19;14-11-5-6-13-10(8-11)7-9-3-1-2-4-12(9)13;11-10-6-5-8-3-1-2-4-9(8)7-10;1-2/h2-15H,1H3;1-6,8H,7H2;1-7H;1H3/i;;;1D. The number of hydrogen-bond donors (Lipinski definition) is 0. The van der Waals surface area contributed by atoms with Gasteiger partial charge in [0.1, 0.15) is 0 Å². The van der Waals surface area contributed by atoms with Crippen molar-refractivity contribution >= 4 is 75.2 Å². The molecule has 0 amide bonds. The maximum atomic E-state index is 9.96. The topological polar surface area (TPSA) is 4.93 Å². The Hall–Kier alpha value is -5.03. The number of nitrogens with zero attached hydrogens (tertiary/aromatic N) is 1. The second-order valence-electron chi connectivity index (χ2n) is 12.5. The Kier molecular flexibility index (Phi) is 10.0. The van der Waals surface area contributed by atoms with Crippen molar-refractivity contribution in [2.24, 2.45) is 0 Å². The molecule has 4 heteroatoms. The summed E-state index contributed by atoms with van der Waals surface area (Å²) in [4.78, 5) is 0. The fourth-order valence-corrected chi connectivity index (χ4v) is 7.74. The lowest BCUT2D eigenvalue weighted by Gasteiger charge is -2.09. The number of aromatic nitrogens is 1.